The Bertz CT molecular complexity index is 479. The highest BCUT2D eigenvalue weighted by molar-refractivity contribution is 7.15. The Hall–Kier alpha value is -1.06. The third kappa shape index (κ3) is 2.49. The second-order valence-electron chi connectivity index (χ2n) is 3.43. The molecule has 0 saturated carbocycles. The highest BCUT2D eigenvalue weighted by Gasteiger charge is 2.02. The maximum atomic E-state index is 6.05. The Labute approximate surface area is 97.7 Å². The number of aryl methyl sites for hydroxylation is 1. The number of rotatable bonds is 2. The molecule has 0 unspecified atom stereocenters. The summed E-state index contributed by atoms with van der Waals surface area (Å²) in [5.74, 6) is 0. The van der Waals surface area contributed by atoms with Crippen molar-refractivity contribution in [1.82, 2.24) is 4.98 Å². The predicted octanol–water partition coefficient (Wildman–Crippen LogP) is 3.28. The molecule has 78 valence electrons. The van der Waals surface area contributed by atoms with Gasteiger partial charge in [-0.05, 0) is 24.1 Å². The van der Waals surface area contributed by atoms with Gasteiger partial charge < -0.3 is 5.73 Å². The molecule has 1 aromatic heterocycles. The van der Waals surface area contributed by atoms with Gasteiger partial charge in [0.2, 0.25) is 0 Å². The maximum Gasteiger partial charge on any atom is 0.180 e. The lowest BCUT2D eigenvalue weighted by molar-refractivity contribution is 1.21. The number of halogens is 1. The molecular formula is C11H11ClN2S. The lowest BCUT2D eigenvalue weighted by Gasteiger charge is -2.01. The fourth-order valence-corrected chi connectivity index (χ4v) is 2.27. The SMILES string of the molecule is Cc1ccc(Cc2cnc(N)s2)cc1Cl. The van der Waals surface area contributed by atoms with Crippen molar-refractivity contribution in [2.24, 2.45) is 0 Å². The van der Waals surface area contributed by atoms with E-state index in [0.717, 1.165) is 21.9 Å². The third-order valence-electron chi connectivity index (χ3n) is 2.19. The summed E-state index contributed by atoms with van der Waals surface area (Å²) in [5, 5.41) is 1.42. The molecule has 0 atom stereocenters. The minimum atomic E-state index is 0.614. The second-order valence-corrected chi connectivity index (χ2v) is 4.98. The summed E-state index contributed by atoms with van der Waals surface area (Å²) in [7, 11) is 0. The van der Waals surface area contributed by atoms with E-state index in [-0.39, 0.29) is 0 Å². The Morgan fingerprint density at radius 3 is 2.87 bits per heavy atom. The minimum absolute atomic E-state index is 0.614. The Balaban J connectivity index is 2.21. The lowest BCUT2D eigenvalue weighted by Crippen LogP contribution is -1.85. The van der Waals surface area contributed by atoms with Gasteiger partial charge in [0.1, 0.15) is 0 Å². The number of aromatic nitrogens is 1. The number of nitrogen functional groups attached to an aromatic ring is 1. The van der Waals surface area contributed by atoms with Gasteiger partial charge in [0.15, 0.2) is 5.13 Å². The van der Waals surface area contributed by atoms with E-state index >= 15 is 0 Å². The summed E-state index contributed by atoms with van der Waals surface area (Å²) in [6.45, 7) is 2.00. The zero-order chi connectivity index (χ0) is 10.8. The number of nitrogens with two attached hydrogens (primary N) is 1. The van der Waals surface area contributed by atoms with E-state index in [1.807, 2.05) is 25.3 Å². The quantitative estimate of drug-likeness (QED) is 0.872. The van der Waals surface area contributed by atoms with E-state index in [2.05, 4.69) is 11.1 Å². The van der Waals surface area contributed by atoms with Crippen molar-refractivity contribution in [3.63, 3.8) is 0 Å². The predicted molar refractivity (Wildman–Crippen MR) is 65.5 cm³/mol. The molecule has 0 bridgehead atoms. The van der Waals surface area contributed by atoms with Gasteiger partial charge in [0.05, 0.1) is 0 Å². The molecule has 0 aliphatic carbocycles. The molecule has 0 aliphatic heterocycles. The van der Waals surface area contributed by atoms with Crippen molar-refractivity contribution >= 4 is 28.1 Å². The van der Waals surface area contributed by atoms with Crippen molar-refractivity contribution in [3.05, 3.63) is 45.4 Å². The molecule has 2 rings (SSSR count). The van der Waals surface area contributed by atoms with E-state index < -0.39 is 0 Å². The van der Waals surface area contributed by atoms with Gasteiger partial charge in [-0.2, -0.15) is 0 Å². The van der Waals surface area contributed by atoms with Crippen LogP contribution in [0.15, 0.2) is 24.4 Å². The van der Waals surface area contributed by atoms with Crippen LogP contribution in [0.2, 0.25) is 5.02 Å². The molecule has 1 heterocycles. The zero-order valence-corrected chi connectivity index (χ0v) is 9.90. The molecule has 15 heavy (non-hydrogen) atoms. The molecule has 0 spiro atoms. The van der Waals surface area contributed by atoms with Crippen LogP contribution in [0.3, 0.4) is 0 Å². The Morgan fingerprint density at radius 2 is 2.27 bits per heavy atom. The van der Waals surface area contributed by atoms with Crippen LogP contribution in [-0.2, 0) is 6.42 Å². The summed E-state index contributed by atoms with van der Waals surface area (Å²) < 4.78 is 0. The van der Waals surface area contributed by atoms with Gasteiger partial charge in [-0.3, -0.25) is 0 Å². The van der Waals surface area contributed by atoms with E-state index in [0.29, 0.717) is 5.13 Å². The summed E-state index contributed by atoms with van der Waals surface area (Å²) in [6, 6.07) is 6.10. The molecule has 0 saturated heterocycles. The van der Waals surface area contributed by atoms with Gasteiger partial charge in [0, 0.05) is 22.5 Å². The summed E-state index contributed by atoms with van der Waals surface area (Å²) in [5.41, 5.74) is 7.86. The first kappa shape index (κ1) is 10.5. The molecule has 2 aromatic rings. The molecule has 1 aromatic carbocycles. The van der Waals surface area contributed by atoms with E-state index in [4.69, 9.17) is 17.3 Å². The number of nitrogens with zero attached hydrogens (tertiary/aromatic N) is 1. The smallest absolute Gasteiger partial charge is 0.180 e. The van der Waals surface area contributed by atoms with Crippen LogP contribution in [0.4, 0.5) is 5.13 Å². The van der Waals surface area contributed by atoms with Gasteiger partial charge in [-0.15, -0.1) is 11.3 Å². The van der Waals surface area contributed by atoms with Crippen LogP contribution >= 0.6 is 22.9 Å². The summed E-state index contributed by atoms with van der Waals surface area (Å²) in [4.78, 5) is 5.18. The van der Waals surface area contributed by atoms with Crippen LogP contribution in [0.5, 0.6) is 0 Å². The van der Waals surface area contributed by atoms with Gasteiger partial charge in [-0.1, -0.05) is 23.7 Å². The summed E-state index contributed by atoms with van der Waals surface area (Å²) >= 11 is 7.56. The fourth-order valence-electron chi connectivity index (χ4n) is 1.35. The first-order valence-corrected chi connectivity index (χ1v) is 5.80. The first-order valence-electron chi connectivity index (χ1n) is 4.60. The number of anilines is 1. The molecule has 2 N–H and O–H groups in total. The van der Waals surface area contributed by atoms with Gasteiger partial charge in [0.25, 0.3) is 0 Å². The van der Waals surface area contributed by atoms with Crippen LogP contribution < -0.4 is 5.73 Å². The van der Waals surface area contributed by atoms with Crippen LogP contribution in [0.25, 0.3) is 0 Å². The van der Waals surface area contributed by atoms with Crippen molar-refractivity contribution in [2.75, 3.05) is 5.73 Å². The minimum Gasteiger partial charge on any atom is -0.375 e. The second kappa shape index (κ2) is 4.21. The van der Waals surface area contributed by atoms with Crippen LogP contribution in [0.1, 0.15) is 16.0 Å². The molecule has 2 nitrogen and oxygen atoms in total. The molecule has 0 radical (unpaired) electrons. The number of thiazole rings is 1. The van der Waals surface area contributed by atoms with Crippen molar-refractivity contribution in [3.8, 4) is 0 Å². The highest BCUT2D eigenvalue weighted by atomic mass is 35.5. The standard InChI is InChI=1S/C11H11ClN2S/c1-7-2-3-8(5-10(7)12)4-9-6-14-11(13)15-9/h2-3,5-6H,4H2,1H3,(H2,13,14). The fraction of sp³-hybridized carbons (Fsp3) is 0.182. The Morgan fingerprint density at radius 1 is 1.47 bits per heavy atom. The first-order chi connectivity index (χ1) is 7.15. The van der Waals surface area contributed by atoms with Gasteiger partial charge >= 0.3 is 0 Å². The van der Waals surface area contributed by atoms with E-state index in [1.54, 1.807) is 0 Å². The van der Waals surface area contributed by atoms with Crippen molar-refractivity contribution in [1.29, 1.82) is 0 Å². The lowest BCUT2D eigenvalue weighted by atomic mass is 10.1. The average Bonchev–Trinajstić information content (AvgIpc) is 2.58. The molecule has 0 amide bonds. The monoisotopic (exact) mass is 238 g/mol. The number of benzene rings is 1. The highest BCUT2D eigenvalue weighted by Crippen LogP contribution is 2.22. The molecular weight excluding hydrogens is 228 g/mol. The van der Waals surface area contributed by atoms with Crippen LogP contribution in [0, 0.1) is 6.92 Å². The zero-order valence-electron chi connectivity index (χ0n) is 8.33. The van der Waals surface area contributed by atoms with E-state index in [1.165, 1.54) is 16.9 Å². The van der Waals surface area contributed by atoms with Crippen LogP contribution in [-0.4, -0.2) is 4.98 Å². The topological polar surface area (TPSA) is 38.9 Å². The third-order valence-corrected chi connectivity index (χ3v) is 3.42. The largest absolute Gasteiger partial charge is 0.375 e. The molecule has 0 aliphatic rings. The van der Waals surface area contributed by atoms with Crippen molar-refractivity contribution < 1.29 is 0 Å². The van der Waals surface area contributed by atoms with Crippen molar-refractivity contribution in [2.45, 2.75) is 13.3 Å². The average molecular weight is 239 g/mol. The molecule has 4 heteroatoms. The van der Waals surface area contributed by atoms with Gasteiger partial charge in [-0.25, -0.2) is 4.98 Å². The maximum absolute atomic E-state index is 6.05. The van der Waals surface area contributed by atoms with E-state index in [9.17, 15) is 0 Å². The number of hydrogen-bond acceptors (Lipinski definition) is 3. The normalized spacial score (nSPS) is 10.5. The molecule has 0 fully saturated rings. The Kier molecular flexibility index (Phi) is 2.93. The summed E-state index contributed by atoms with van der Waals surface area (Å²) in [6.07, 6.45) is 2.66. The number of hydrogen-bond donors (Lipinski definition) is 1.